The minimum atomic E-state index is 0. The second-order valence-corrected chi connectivity index (χ2v) is 7.57. The second-order valence-electron chi connectivity index (χ2n) is 7.57. The Kier molecular flexibility index (Phi) is 11.9. The van der Waals surface area contributed by atoms with Crippen LogP contribution in [0.5, 0.6) is 0 Å². The average Bonchev–Trinajstić information content (AvgIpc) is 3.28. The van der Waals surface area contributed by atoms with Crippen LogP contribution in [-0.4, -0.2) is 68.6 Å². The summed E-state index contributed by atoms with van der Waals surface area (Å²) < 4.78 is 5.35. The van der Waals surface area contributed by atoms with Crippen molar-refractivity contribution >= 4 is 29.9 Å². The van der Waals surface area contributed by atoms with E-state index in [9.17, 15) is 0 Å². The van der Waals surface area contributed by atoms with E-state index in [1.807, 2.05) is 19.2 Å². The van der Waals surface area contributed by atoms with Crippen molar-refractivity contribution in [2.75, 3.05) is 52.9 Å². The summed E-state index contributed by atoms with van der Waals surface area (Å²) in [5.41, 5.74) is 1.41. The largest absolute Gasteiger partial charge is 0.469 e. The molecule has 7 heteroatoms. The van der Waals surface area contributed by atoms with E-state index in [0.717, 1.165) is 44.2 Å². The van der Waals surface area contributed by atoms with Crippen molar-refractivity contribution in [3.8, 4) is 0 Å². The van der Waals surface area contributed by atoms with E-state index in [4.69, 9.17) is 4.42 Å². The number of furan rings is 1. The van der Waals surface area contributed by atoms with E-state index in [2.05, 4.69) is 55.8 Å². The molecule has 1 aromatic carbocycles. The Labute approximate surface area is 198 Å². The summed E-state index contributed by atoms with van der Waals surface area (Å²) in [5.74, 6) is 1.86. The molecule has 2 aromatic rings. The Hall–Kier alpha value is -1.58. The highest BCUT2D eigenvalue weighted by Gasteiger charge is 2.16. The molecule has 6 nitrogen and oxygen atoms in total. The molecule has 30 heavy (non-hydrogen) atoms. The van der Waals surface area contributed by atoms with Gasteiger partial charge in [0.1, 0.15) is 5.76 Å². The first-order valence-electron chi connectivity index (χ1n) is 10.8. The number of aliphatic imine (C=N–C) groups is 1. The Balaban J connectivity index is 0.00000320. The first-order valence-corrected chi connectivity index (χ1v) is 10.8. The van der Waals surface area contributed by atoms with Gasteiger partial charge in [-0.25, -0.2) is 0 Å². The molecule has 0 spiro atoms. The zero-order valence-corrected chi connectivity index (χ0v) is 20.4. The van der Waals surface area contributed by atoms with Crippen molar-refractivity contribution in [2.45, 2.75) is 25.8 Å². The van der Waals surface area contributed by atoms with Gasteiger partial charge in [0.05, 0.1) is 6.26 Å². The summed E-state index contributed by atoms with van der Waals surface area (Å²) in [7, 11) is 1.82. The van der Waals surface area contributed by atoms with Crippen LogP contribution in [0, 0.1) is 0 Å². The molecular weight excluding hydrogens is 489 g/mol. The topological polar surface area (TPSA) is 56.0 Å². The minimum absolute atomic E-state index is 0. The van der Waals surface area contributed by atoms with E-state index < -0.39 is 0 Å². The lowest BCUT2D eigenvalue weighted by Gasteiger charge is -2.34. The van der Waals surface area contributed by atoms with Gasteiger partial charge in [0, 0.05) is 59.3 Å². The number of guanidine groups is 1. The summed E-state index contributed by atoms with van der Waals surface area (Å²) in [6, 6.07) is 14.7. The van der Waals surface area contributed by atoms with Crippen molar-refractivity contribution in [1.29, 1.82) is 0 Å². The zero-order chi connectivity index (χ0) is 20.2. The molecule has 2 N–H and O–H groups in total. The van der Waals surface area contributed by atoms with Gasteiger partial charge in [-0.15, -0.1) is 24.0 Å². The van der Waals surface area contributed by atoms with Crippen LogP contribution in [0.15, 0.2) is 58.1 Å². The van der Waals surface area contributed by atoms with Crippen LogP contribution in [0.3, 0.4) is 0 Å². The SMILES string of the molecule is CN=C(NCCCCN1CCN(Cc2ccccc2)CC1)NCCc1ccco1.I. The molecule has 0 atom stereocenters. The lowest BCUT2D eigenvalue weighted by atomic mass is 10.2. The smallest absolute Gasteiger partial charge is 0.190 e. The van der Waals surface area contributed by atoms with E-state index in [0.29, 0.717) is 0 Å². The number of hydrogen-bond donors (Lipinski definition) is 2. The van der Waals surface area contributed by atoms with Crippen molar-refractivity contribution in [2.24, 2.45) is 4.99 Å². The van der Waals surface area contributed by atoms with Crippen LogP contribution >= 0.6 is 24.0 Å². The first-order chi connectivity index (χ1) is 14.3. The highest BCUT2D eigenvalue weighted by Crippen LogP contribution is 2.09. The third-order valence-electron chi connectivity index (χ3n) is 5.38. The molecule has 0 unspecified atom stereocenters. The van der Waals surface area contributed by atoms with Crippen molar-refractivity contribution < 1.29 is 4.42 Å². The number of nitrogens with one attached hydrogen (secondary N) is 2. The molecular formula is C23H36IN5O. The van der Waals surface area contributed by atoms with E-state index >= 15 is 0 Å². The monoisotopic (exact) mass is 525 g/mol. The summed E-state index contributed by atoms with van der Waals surface area (Å²) in [6.07, 6.45) is 4.95. The van der Waals surface area contributed by atoms with Gasteiger partial charge >= 0.3 is 0 Å². The number of rotatable bonds is 10. The first kappa shape index (κ1) is 24.7. The quantitative estimate of drug-likeness (QED) is 0.216. The molecule has 2 heterocycles. The van der Waals surface area contributed by atoms with Gasteiger partial charge in [-0.1, -0.05) is 30.3 Å². The zero-order valence-electron chi connectivity index (χ0n) is 18.1. The van der Waals surface area contributed by atoms with Gasteiger partial charge in [-0.05, 0) is 37.1 Å². The molecule has 1 aromatic heterocycles. The Bertz CT molecular complexity index is 700. The van der Waals surface area contributed by atoms with Gasteiger partial charge in [-0.3, -0.25) is 9.89 Å². The third-order valence-corrected chi connectivity index (χ3v) is 5.38. The van der Waals surface area contributed by atoms with E-state index in [1.165, 1.54) is 44.7 Å². The molecule has 1 saturated heterocycles. The molecule has 1 aliphatic heterocycles. The molecule has 0 radical (unpaired) electrons. The van der Waals surface area contributed by atoms with Gasteiger partial charge in [0.15, 0.2) is 5.96 Å². The van der Waals surface area contributed by atoms with Gasteiger partial charge in [-0.2, -0.15) is 0 Å². The van der Waals surface area contributed by atoms with Crippen molar-refractivity contribution in [3.63, 3.8) is 0 Å². The summed E-state index contributed by atoms with van der Waals surface area (Å²) in [6.45, 7) is 8.72. The summed E-state index contributed by atoms with van der Waals surface area (Å²) in [5, 5.41) is 6.74. The van der Waals surface area contributed by atoms with Crippen LogP contribution in [0.2, 0.25) is 0 Å². The number of hydrogen-bond acceptors (Lipinski definition) is 4. The second kappa shape index (κ2) is 14.4. The molecule has 0 saturated carbocycles. The van der Waals surface area contributed by atoms with Gasteiger partial charge in [0.2, 0.25) is 0 Å². The molecule has 1 aliphatic rings. The van der Waals surface area contributed by atoms with Crippen molar-refractivity contribution in [3.05, 3.63) is 60.1 Å². The molecule has 1 fully saturated rings. The molecule has 0 amide bonds. The highest BCUT2D eigenvalue weighted by molar-refractivity contribution is 14.0. The van der Waals surface area contributed by atoms with Crippen LogP contribution < -0.4 is 10.6 Å². The minimum Gasteiger partial charge on any atom is -0.469 e. The Morgan fingerprint density at radius 1 is 0.933 bits per heavy atom. The molecule has 166 valence electrons. The Morgan fingerprint density at radius 2 is 1.67 bits per heavy atom. The van der Waals surface area contributed by atoms with E-state index in [1.54, 1.807) is 6.26 Å². The number of benzene rings is 1. The Morgan fingerprint density at radius 3 is 2.37 bits per heavy atom. The lowest BCUT2D eigenvalue weighted by Crippen LogP contribution is -2.46. The molecule has 0 bridgehead atoms. The lowest BCUT2D eigenvalue weighted by molar-refractivity contribution is 0.126. The number of piperazine rings is 1. The maximum absolute atomic E-state index is 5.35. The molecule has 0 aliphatic carbocycles. The third kappa shape index (κ3) is 9.06. The fourth-order valence-corrected chi connectivity index (χ4v) is 3.66. The summed E-state index contributed by atoms with van der Waals surface area (Å²) >= 11 is 0. The number of unbranched alkanes of at least 4 members (excludes halogenated alkanes) is 1. The van der Waals surface area contributed by atoms with Crippen LogP contribution in [0.1, 0.15) is 24.2 Å². The van der Waals surface area contributed by atoms with Crippen molar-refractivity contribution in [1.82, 2.24) is 20.4 Å². The standard InChI is InChI=1S/C23H35N5O.HI/c1-24-23(26-13-11-22-10-7-19-29-22)25-12-5-6-14-27-15-17-28(18-16-27)20-21-8-3-2-4-9-21;/h2-4,7-10,19H,5-6,11-18,20H2,1H3,(H2,24,25,26);1H. The summed E-state index contributed by atoms with van der Waals surface area (Å²) in [4.78, 5) is 9.44. The highest BCUT2D eigenvalue weighted by atomic mass is 127. The maximum atomic E-state index is 5.35. The predicted molar refractivity (Wildman–Crippen MR) is 135 cm³/mol. The number of halogens is 1. The average molecular weight is 525 g/mol. The van der Waals surface area contributed by atoms with Gasteiger partial charge in [0.25, 0.3) is 0 Å². The predicted octanol–water partition coefficient (Wildman–Crippen LogP) is 3.20. The van der Waals surface area contributed by atoms with E-state index in [-0.39, 0.29) is 24.0 Å². The normalized spacial score (nSPS) is 15.6. The van der Waals surface area contributed by atoms with Crippen LogP contribution in [-0.2, 0) is 13.0 Å². The molecule has 3 rings (SSSR count). The van der Waals surface area contributed by atoms with Gasteiger partial charge < -0.3 is 20.0 Å². The number of nitrogens with zero attached hydrogens (tertiary/aromatic N) is 3. The van der Waals surface area contributed by atoms with Crippen LogP contribution in [0.25, 0.3) is 0 Å². The van der Waals surface area contributed by atoms with Crippen LogP contribution in [0.4, 0.5) is 0 Å². The fraction of sp³-hybridized carbons (Fsp3) is 0.522. The maximum Gasteiger partial charge on any atom is 0.190 e. The fourth-order valence-electron chi connectivity index (χ4n) is 3.66.